The molecule has 0 aromatic carbocycles. The third-order valence-electron chi connectivity index (χ3n) is 4.16. The lowest BCUT2D eigenvalue weighted by molar-refractivity contribution is -0.00701. The average molecular weight is 303 g/mol. The monoisotopic (exact) mass is 303 g/mol. The van der Waals surface area contributed by atoms with Gasteiger partial charge in [-0.15, -0.1) is 0 Å². The van der Waals surface area contributed by atoms with E-state index in [-0.39, 0.29) is 18.1 Å². The standard InChI is InChI=1S/C16H21N3O3/c1-9-7-13-14(11(3)22-9)17-18-15(13)16(20)19(4)8-12-5-6-21-10(12)2/h5-6,9,11H,7-8H2,1-4H3,(H,17,18)/t9-,11+/m1/s1. The van der Waals surface area contributed by atoms with Crippen molar-refractivity contribution in [2.45, 2.75) is 45.9 Å². The lowest BCUT2D eigenvalue weighted by Crippen LogP contribution is -2.29. The highest BCUT2D eigenvalue weighted by molar-refractivity contribution is 5.94. The summed E-state index contributed by atoms with van der Waals surface area (Å²) in [6, 6.07) is 1.89. The molecule has 6 heteroatoms. The summed E-state index contributed by atoms with van der Waals surface area (Å²) in [7, 11) is 1.78. The first-order chi connectivity index (χ1) is 10.5. The predicted molar refractivity (Wildman–Crippen MR) is 80.5 cm³/mol. The Bertz CT molecular complexity index is 689. The SMILES string of the molecule is Cc1occc1CN(C)C(=O)c1n[nH]c2c1C[C@@H](C)O[C@H]2C. The molecule has 0 unspecified atom stereocenters. The molecular weight excluding hydrogens is 282 g/mol. The van der Waals surface area contributed by atoms with Crippen molar-refractivity contribution in [3.63, 3.8) is 0 Å². The number of carbonyl (C=O) groups is 1. The van der Waals surface area contributed by atoms with Crippen LogP contribution in [0.25, 0.3) is 0 Å². The van der Waals surface area contributed by atoms with E-state index in [0.29, 0.717) is 18.7 Å². The Morgan fingerprint density at radius 1 is 1.50 bits per heavy atom. The fourth-order valence-electron chi connectivity index (χ4n) is 2.93. The topological polar surface area (TPSA) is 71.4 Å². The minimum absolute atomic E-state index is 0.0609. The van der Waals surface area contributed by atoms with Crippen LogP contribution in [0.1, 0.15) is 53.0 Å². The molecule has 3 rings (SSSR count). The number of aromatic nitrogens is 2. The predicted octanol–water partition coefficient (Wildman–Crippen LogP) is 2.61. The van der Waals surface area contributed by atoms with Gasteiger partial charge in [-0.25, -0.2) is 0 Å². The highest BCUT2D eigenvalue weighted by Crippen LogP contribution is 2.30. The summed E-state index contributed by atoms with van der Waals surface area (Å²) >= 11 is 0. The lowest BCUT2D eigenvalue weighted by atomic mass is 9.99. The highest BCUT2D eigenvalue weighted by atomic mass is 16.5. The number of aryl methyl sites for hydroxylation is 1. The Labute approximate surface area is 129 Å². The van der Waals surface area contributed by atoms with Crippen molar-refractivity contribution in [3.8, 4) is 0 Å². The number of hydrogen-bond acceptors (Lipinski definition) is 4. The highest BCUT2D eigenvalue weighted by Gasteiger charge is 2.30. The van der Waals surface area contributed by atoms with Crippen LogP contribution >= 0.6 is 0 Å². The second-order valence-electron chi connectivity index (χ2n) is 5.92. The van der Waals surface area contributed by atoms with E-state index in [1.807, 2.05) is 26.8 Å². The first-order valence-electron chi connectivity index (χ1n) is 7.48. The zero-order chi connectivity index (χ0) is 15.9. The van der Waals surface area contributed by atoms with Crippen LogP contribution in [0.3, 0.4) is 0 Å². The van der Waals surface area contributed by atoms with Gasteiger partial charge in [0.25, 0.3) is 5.91 Å². The number of amides is 1. The number of nitrogens with one attached hydrogen (secondary N) is 1. The summed E-state index contributed by atoms with van der Waals surface area (Å²) in [4.78, 5) is 14.4. The molecule has 1 N–H and O–H groups in total. The molecule has 1 amide bonds. The smallest absolute Gasteiger partial charge is 0.274 e. The number of nitrogens with zero attached hydrogens (tertiary/aromatic N) is 2. The minimum Gasteiger partial charge on any atom is -0.469 e. The Hall–Kier alpha value is -2.08. The van der Waals surface area contributed by atoms with Gasteiger partial charge in [0.15, 0.2) is 5.69 Å². The molecule has 6 nitrogen and oxygen atoms in total. The molecule has 0 radical (unpaired) electrons. The lowest BCUT2D eigenvalue weighted by Gasteiger charge is -2.25. The summed E-state index contributed by atoms with van der Waals surface area (Å²) in [5, 5.41) is 7.20. The summed E-state index contributed by atoms with van der Waals surface area (Å²) in [6.45, 7) is 6.38. The Kier molecular flexibility index (Phi) is 3.78. The maximum atomic E-state index is 12.7. The third kappa shape index (κ3) is 2.54. The molecule has 1 aliphatic rings. The van der Waals surface area contributed by atoms with Gasteiger partial charge in [0, 0.05) is 31.1 Å². The van der Waals surface area contributed by atoms with Crippen molar-refractivity contribution in [1.29, 1.82) is 0 Å². The number of fused-ring (bicyclic) bond motifs is 1. The van der Waals surface area contributed by atoms with E-state index >= 15 is 0 Å². The van der Waals surface area contributed by atoms with Crippen molar-refractivity contribution in [2.24, 2.45) is 0 Å². The van der Waals surface area contributed by atoms with E-state index in [1.54, 1.807) is 18.2 Å². The molecule has 0 saturated heterocycles. The average Bonchev–Trinajstić information content (AvgIpc) is 3.05. The zero-order valence-corrected chi connectivity index (χ0v) is 13.3. The summed E-state index contributed by atoms with van der Waals surface area (Å²) < 4.78 is 11.0. The fourth-order valence-corrected chi connectivity index (χ4v) is 2.93. The summed E-state index contributed by atoms with van der Waals surface area (Å²) in [6.07, 6.45) is 2.37. The number of hydrogen-bond donors (Lipinski definition) is 1. The normalized spacial score (nSPS) is 20.7. The molecule has 22 heavy (non-hydrogen) atoms. The number of H-pyrrole nitrogens is 1. The van der Waals surface area contributed by atoms with Crippen LogP contribution in [-0.2, 0) is 17.7 Å². The summed E-state index contributed by atoms with van der Waals surface area (Å²) in [5.74, 6) is 0.749. The van der Waals surface area contributed by atoms with Crippen molar-refractivity contribution < 1.29 is 13.9 Å². The number of ether oxygens (including phenoxy) is 1. The van der Waals surface area contributed by atoms with Gasteiger partial charge in [-0.05, 0) is 26.8 Å². The third-order valence-corrected chi connectivity index (χ3v) is 4.16. The molecule has 1 aliphatic heterocycles. The van der Waals surface area contributed by atoms with E-state index in [1.165, 1.54) is 0 Å². The van der Waals surface area contributed by atoms with E-state index in [2.05, 4.69) is 10.2 Å². The van der Waals surface area contributed by atoms with Gasteiger partial charge in [0.05, 0.1) is 24.2 Å². The second-order valence-corrected chi connectivity index (χ2v) is 5.92. The first kappa shape index (κ1) is 14.8. The molecular formula is C16H21N3O3. The quantitative estimate of drug-likeness (QED) is 0.946. The van der Waals surface area contributed by atoms with Crippen molar-refractivity contribution in [3.05, 3.63) is 40.6 Å². The fraction of sp³-hybridized carbons (Fsp3) is 0.500. The molecule has 118 valence electrons. The van der Waals surface area contributed by atoms with E-state index in [9.17, 15) is 4.79 Å². The van der Waals surface area contributed by atoms with Crippen LogP contribution in [0.2, 0.25) is 0 Å². The van der Waals surface area contributed by atoms with Gasteiger partial charge in [0.2, 0.25) is 0 Å². The van der Waals surface area contributed by atoms with E-state index < -0.39 is 0 Å². The van der Waals surface area contributed by atoms with Gasteiger partial charge in [0.1, 0.15) is 5.76 Å². The molecule has 2 aromatic heterocycles. The van der Waals surface area contributed by atoms with Crippen LogP contribution in [0.5, 0.6) is 0 Å². The van der Waals surface area contributed by atoms with Crippen molar-refractivity contribution in [1.82, 2.24) is 15.1 Å². The maximum absolute atomic E-state index is 12.7. The van der Waals surface area contributed by atoms with E-state index in [0.717, 1.165) is 22.6 Å². The molecule has 2 atom stereocenters. The molecule has 0 aliphatic carbocycles. The zero-order valence-electron chi connectivity index (χ0n) is 13.3. The van der Waals surface area contributed by atoms with Gasteiger partial charge in [-0.1, -0.05) is 0 Å². The largest absolute Gasteiger partial charge is 0.469 e. The summed E-state index contributed by atoms with van der Waals surface area (Å²) in [5.41, 5.74) is 3.40. The van der Waals surface area contributed by atoms with Gasteiger partial charge in [-0.2, -0.15) is 5.10 Å². The molecule has 2 aromatic rings. The first-order valence-corrected chi connectivity index (χ1v) is 7.48. The number of furan rings is 1. The molecule has 0 spiro atoms. The molecule has 0 saturated carbocycles. The van der Waals surface area contributed by atoms with Gasteiger partial charge >= 0.3 is 0 Å². The van der Waals surface area contributed by atoms with Crippen molar-refractivity contribution >= 4 is 5.91 Å². The van der Waals surface area contributed by atoms with Crippen LogP contribution < -0.4 is 0 Å². The number of carbonyl (C=O) groups excluding carboxylic acids is 1. The van der Waals surface area contributed by atoms with Crippen molar-refractivity contribution in [2.75, 3.05) is 7.05 Å². The Morgan fingerprint density at radius 3 is 2.95 bits per heavy atom. The van der Waals surface area contributed by atoms with Crippen LogP contribution in [0, 0.1) is 6.92 Å². The Balaban J connectivity index is 1.82. The van der Waals surface area contributed by atoms with E-state index in [4.69, 9.17) is 9.15 Å². The Morgan fingerprint density at radius 2 is 2.27 bits per heavy atom. The minimum atomic E-state index is -0.0839. The number of aromatic amines is 1. The molecule has 0 fully saturated rings. The van der Waals surface area contributed by atoms with Gasteiger partial charge in [-0.3, -0.25) is 9.89 Å². The van der Waals surface area contributed by atoms with Gasteiger partial charge < -0.3 is 14.1 Å². The van der Waals surface area contributed by atoms with Crippen LogP contribution in [-0.4, -0.2) is 34.2 Å². The second kappa shape index (κ2) is 5.61. The molecule has 3 heterocycles. The number of rotatable bonds is 3. The van der Waals surface area contributed by atoms with Crippen LogP contribution in [0.4, 0.5) is 0 Å². The molecule has 0 bridgehead atoms. The maximum Gasteiger partial charge on any atom is 0.274 e. The van der Waals surface area contributed by atoms with Crippen LogP contribution in [0.15, 0.2) is 16.7 Å².